The van der Waals surface area contributed by atoms with Crippen molar-refractivity contribution >= 4 is 70.1 Å². The molecule has 0 bridgehead atoms. The van der Waals surface area contributed by atoms with Crippen LogP contribution < -0.4 is 4.90 Å². The summed E-state index contributed by atoms with van der Waals surface area (Å²) in [7, 11) is 0. The maximum absolute atomic E-state index is 2.41. The van der Waals surface area contributed by atoms with E-state index in [0.29, 0.717) is 0 Å². The third-order valence-corrected chi connectivity index (χ3v) is 11.3. The maximum Gasteiger partial charge on any atom is 0.0476 e. The molecule has 0 radical (unpaired) electrons. The Kier molecular flexibility index (Phi) is 7.41. The van der Waals surface area contributed by atoms with Gasteiger partial charge in [0.25, 0.3) is 0 Å². The maximum atomic E-state index is 2.41. The summed E-state index contributed by atoms with van der Waals surface area (Å²) in [5.74, 6) is 0. The summed E-state index contributed by atoms with van der Waals surface area (Å²) in [5, 5.41) is 7.56. The van der Waals surface area contributed by atoms with Crippen molar-refractivity contribution in [2.24, 2.45) is 0 Å². The van der Waals surface area contributed by atoms with Crippen molar-refractivity contribution in [3.63, 3.8) is 0 Å². The first-order chi connectivity index (χ1) is 25.7. The molecule has 244 valence electrons. The summed E-state index contributed by atoms with van der Waals surface area (Å²) in [6.07, 6.45) is 0. The molecule has 0 amide bonds. The van der Waals surface area contributed by atoms with Gasteiger partial charge in [0.15, 0.2) is 0 Å². The molecule has 0 saturated carbocycles. The Labute approximate surface area is 307 Å². The number of hydrogen-bond acceptors (Lipinski definition) is 2. The molecule has 52 heavy (non-hydrogen) atoms. The monoisotopic (exact) mass is 679 g/mol. The van der Waals surface area contributed by atoms with Crippen LogP contribution in [0.2, 0.25) is 0 Å². The highest BCUT2D eigenvalue weighted by atomic mass is 32.1. The van der Waals surface area contributed by atoms with Crippen LogP contribution in [0.25, 0.3) is 75.1 Å². The Bertz CT molecular complexity index is 2920. The number of nitrogens with zero attached hydrogens (tertiary/aromatic N) is 1. The first kappa shape index (κ1) is 30.4. The summed E-state index contributed by atoms with van der Waals surface area (Å²) in [6.45, 7) is 0. The van der Waals surface area contributed by atoms with Crippen LogP contribution in [0, 0.1) is 0 Å². The number of fused-ring (bicyclic) bond motifs is 5. The van der Waals surface area contributed by atoms with Crippen LogP contribution in [0.15, 0.2) is 200 Å². The van der Waals surface area contributed by atoms with Crippen molar-refractivity contribution in [2.75, 3.05) is 4.90 Å². The molecule has 0 aliphatic rings. The van der Waals surface area contributed by atoms with Crippen LogP contribution >= 0.6 is 11.3 Å². The summed E-state index contributed by atoms with van der Waals surface area (Å²) in [4.78, 5) is 2.41. The lowest BCUT2D eigenvalue weighted by molar-refractivity contribution is 1.30. The molecule has 10 aromatic rings. The number of thiophene rings is 1. The van der Waals surface area contributed by atoms with E-state index in [1.54, 1.807) is 0 Å². The molecule has 10 rings (SSSR count). The lowest BCUT2D eigenvalue weighted by atomic mass is 9.96. The molecular weight excluding hydrogens is 647 g/mol. The van der Waals surface area contributed by atoms with Gasteiger partial charge in [-0.3, -0.25) is 0 Å². The molecule has 0 atom stereocenters. The van der Waals surface area contributed by atoms with Crippen molar-refractivity contribution in [1.82, 2.24) is 0 Å². The zero-order valence-corrected chi connectivity index (χ0v) is 29.2. The summed E-state index contributed by atoms with van der Waals surface area (Å²) in [5.41, 5.74) is 10.7. The highest BCUT2D eigenvalue weighted by Gasteiger charge is 2.16. The van der Waals surface area contributed by atoms with E-state index >= 15 is 0 Å². The number of anilines is 3. The first-order valence-electron chi connectivity index (χ1n) is 17.7. The summed E-state index contributed by atoms with van der Waals surface area (Å²) < 4.78 is 2.60. The quantitative estimate of drug-likeness (QED) is 0.169. The van der Waals surface area contributed by atoms with Gasteiger partial charge in [-0.1, -0.05) is 140 Å². The third kappa shape index (κ3) is 5.51. The fourth-order valence-electron chi connectivity index (χ4n) is 7.56. The van der Waals surface area contributed by atoms with Gasteiger partial charge < -0.3 is 4.90 Å². The Hall–Kier alpha value is -6.48. The van der Waals surface area contributed by atoms with E-state index in [2.05, 4.69) is 205 Å². The second-order valence-corrected chi connectivity index (χ2v) is 14.5. The fourth-order valence-corrected chi connectivity index (χ4v) is 8.70. The molecule has 0 N–H and O–H groups in total. The van der Waals surface area contributed by atoms with E-state index < -0.39 is 0 Å². The van der Waals surface area contributed by atoms with Crippen molar-refractivity contribution in [1.29, 1.82) is 0 Å². The zero-order chi connectivity index (χ0) is 34.4. The Morgan fingerprint density at radius 2 is 0.808 bits per heavy atom. The zero-order valence-electron chi connectivity index (χ0n) is 28.4. The van der Waals surface area contributed by atoms with Gasteiger partial charge >= 0.3 is 0 Å². The van der Waals surface area contributed by atoms with Crippen LogP contribution in [-0.4, -0.2) is 0 Å². The van der Waals surface area contributed by atoms with Crippen LogP contribution in [0.3, 0.4) is 0 Å². The second kappa shape index (κ2) is 12.7. The van der Waals surface area contributed by atoms with Crippen LogP contribution in [0.5, 0.6) is 0 Å². The first-order valence-corrected chi connectivity index (χ1v) is 18.6. The largest absolute Gasteiger partial charge is 0.310 e. The van der Waals surface area contributed by atoms with Gasteiger partial charge in [-0.15, -0.1) is 11.3 Å². The molecule has 1 nitrogen and oxygen atoms in total. The topological polar surface area (TPSA) is 3.24 Å². The standard InChI is InChI=1S/C50H33NS/c1-2-10-34(11-3-1)40-16-9-17-44(31-40)51(46-26-27-48-47-18-6-7-19-49(47)52-50(48)33-46)45-25-24-36-21-23-42(30-43(36)32-45)39-15-8-14-38(29-39)41-22-20-35-12-4-5-13-37(35)28-41/h1-33H. The number of rotatable bonds is 6. The van der Waals surface area contributed by atoms with Crippen molar-refractivity contribution < 1.29 is 0 Å². The van der Waals surface area contributed by atoms with E-state index in [-0.39, 0.29) is 0 Å². The van der Waals surface area contributed by atoms with E-state index in [1.807, 2.05) is 11.3 Å². The van der Waals surface area contributed by atoms with Crippen molar-refractivity contribution in [3.8, 4) is 33.4 Å². The van der Waals surface area contributed by atoms with Gasteiger partial charge in [-0.25, -0.2) is 0 Å². The van der Waals surface area contributed by atoms with Crippen LogP contribution in [0.4, 0.5) is 17.1 Å². The highest BCUT2D eigenvalue weighted by molar-refractivity contribution is 7.25. The average Bonchev–Trinajstić information content (AvgIpc) is 3.59. The molecule has 0 saturated heterocycles. The lowest BCUT2D eigenvalue weighted by Gasteiger charge is -2.26. The highest BCUT2D eigenvalue weighted by Crippen LogP contribution is 2.42. The van der Waals surface area contributed by atoms with Crippen molar-refractivity contribution in [2.45, 2.75) is 0 Å². The molecule has 0 spiro atoms. The Morgan fingerprint density at radius 3 is 1.63 bits per heavy atom. The fraction of sp³-hybridized carbons (Fsp3) is 0. The third-order valence-electron chi connectivity index (χ3n) is 10.2. The normalized spacial score (nSPS) is 11.5. The summed E-state index contributed by atoms with van der Waals surface area (Å²) >= 11 is 1.86. The molecule has 1 aromatic heterocycles. The van der Waals surface area contributed by atoms with Crippen molar-refractivity contribution in [3.05, 3.63) is 200 Å². The minimum Gasteiger partial charge on any atom is -0.310 e. The minimum atomic E-state index is 1.13. The van der Waals surface area contributed by atoms with Crippen LogP contribution in [-0.2, 0) is 0 Å². The number of hydrogen-bond donors (Lipinski definition) is 0. The van der Waals surface area contributed by atoms with E-state index in [4.69, 9.17) is 0 Å². The Morgan fingerprint density at radius 1 is 0.269 bits per heavy atom. The van der Waals surface area contributed by atoms with Gasteiger partial charge in [-0.2, -0.15) is 0 Å². The van der Waals surface area contributed by atoms with E-state index in [1.165, 1.54) is 75.1 Å². The smallest absolute Gasteiger partial charge is 0.0476 e. The lowest BCUT2D eigenvalue weighted by Crippen LogP contribution is -2.10. The molecule has 0 fully saturated rings. The van der Waals surface area contributed by atoms with Crippen LogP contribution in [0.1, 0.15) is 0 Å². The predicted molar refractivity (Wildman–Crippen MR) is 225 cm³/mol. The van der Waals surface area contributed by atoms with Gasteiger partial charge in [0.1, 0.15) is 0 Å². The molecule has 2 heteroatoms. The van der Waals surface area contributed by atoms with Gasteiger partial charge in [0.05, 0.1) is 0 Å². The van der Waals surface area contributed by atoms with E-state index in [0.717, 1.165) is 17.1 Å². The molecular formula is C50H33NS. The van der Waals surface area contributed by atoms with Gasteiger partial charge in [0.2, 0.25) is 0 Å². The molecule has 0 aliphatic carbocycles. The molecule has 0 unspecified atom stereocenters. The predicted octanol–water partition coefficient (Wildman–Crippen LogP) is 14.8. The average molecular weight is 680 g/mol. The van der Waals surface area contributed by atoms with E-state index in [9.17, 15) is 0 Å². The minimum absolute atomic E-state index is 1.13. The molecule has 0 aliphatic heterocycles. The Balaban J connectivity index is 1.09. The second-order valence-electron chi connectivity index (χ2n) is 13.4. The summed E-state index contributed by atoms with van der Waals surface area (Å²) in [6, 6.07) is 73.1. The van der Waals surface area contributed by atoms with Gasteiger partial charge in [-0.05, 0) is 116 Å². The van der Waals surface area contributed by atoms with Gasteiger partial charge in [0, 0.05) is 37.2 Å². The molecule has 1 heterocycles. The number of benzene rings is 9. The molecule has 9 aromatic carbocycles. The SMILES string of the molecule is c1ccc(-c2cccc(N(c3ccc4ccc(-c5cccc(-c6ccc7ccccc7c6)c5)cc4c3)c3ccc4c(c3)sc3ccccc34)c2)cc1.